The van der Waals surface area contributed by atoms with Gasteiger partial charge in [0.05, 0.1) is 12.6 Å². The maximum atomic E-state index is 8.74. The number of nitrogens with zero attached hydrogens (tertiary/aromatic N) is 2. The predicted molar refractivity (Wildman–Crippen MR) is 54.2 cm³/mol. The molecule has 0 bridgehead atoms. The molecule has 15 heavy (non-hydrogen) atoms. The van der Waals surface area contributed by atoms with Crippen LogP contribution in [0.5, 0.6) is 0 Å². The van der Waals surface area contributed by atoms with Crippen LogP contribution in [0.1, 0.15) is 37.5 Å². The Hall–Kier alpha value is -0.940. The SMILES string of the molecule is CC1CCNC(c2nc(CCO)no2)C1. The fraction of sp³-hybridized carbons (Fsp3) is 0.800. The minimum absolute atomic E-state index is 0.0630. The molecule has 0 aromatic carbocycles. The van der Waals surface area contributed by atoms with Gasteiger partial charge in [-0.2, -0.15) is 4.98 Å². The molecule has 2 heterocycles. The maximum Gasteiger partial charge on any atom is 0.243 e. The van der Waals surface area contributed by atoms with Crippen LogP contribution in [0, 0.1) is 5.92 Å². The van der Waals surface area contributed by atoms with Crippen molar-refractivity contribution >= 4 is 0 Å². The van der Waals surface area contributed by atoms with Crippen LogP contribution in [0.3, 0.4) is 0 Å². The molecule has 0 amide bonds. The van der Waals surface area contributed by atoms with Gasteiger partial charge in [-0.25, -0.2) is 0 Å². The molecule has 0 saturated carbocycles. The zero-order chi connectivity index (χ0) is 10.7. The molecular formula is C10H17N3O2. The van der Waals surface area contributed by atoms with Gasteiger partial charge in [0.15, 0.2) is 5.82 Å². The van der Waals surface area contributed by atoms with E-state index in [2.05, 4.69) is 22.4 Å². The third kappa shape index (κ3) is 2.54. The lowest BCUT2D eigenvalue weighted by molar-refractivity contribution is 0.258. The van der Waals surface area contributed by atoms with Gasteiger partial charge in [0, 0.05) is 6.42 Å². The molecule has 2 atom stereocenters. The maximum absolute atomic E-state index is 8.74. The number of aliphatic hydroxyl groups excluding tert-OH is 1. The first-order chi connectivity index (χ1) is 7.29. The highest BCUT2D eigenvalue weighted by Crippen LogP contribution is 2.25. The van der Waals surface area contributed by atoms with Crippen LogP contribution in [0.15, 0.2) is 4.52 Å². The number of hydrogen-bond acceptors (Lipinski definition) is 5. The van der Waals surface area contributed by atoms with E-state index in [1.165, 1.54) is 6.42 Å². The Bertz CT molecular complexity index is 313. The quantitative estimate of drug-likeness (QED) is 0.768. The number of rotatable bonds is 3. The molecule has 5 nitrogen and oxygen atoms in total. The highest BCUT2D eigenvalue weighted by molar-refractivity contribution is 4.95. The Morgan fingerprint density at radius 3 is 3.20 bits per heavy atom. The summed E-state index contributed by atoms with van der Waals surface area (Å²) in [5, 5.41) is 15.9. The van der Waals surface area contributed by atoms with E-state index in [0.717, 1.165) is 13.0 Å². The van der Waals surface area contributed by atoms with Crippen LogP contribution in [-0.2, 0) is 6.42 Å². The second-order valence-electron chi connectivity index (χ2n) is 4.16. The second kappa shape index (κ2) is 4.72. The van der Waals surface area contributed by atoms with E-state index in [9.17, 15) is 0 Å². The lowest BCUT2D eigenvalue weighted by atomic mass is 9.94. The molecule has 1 aromatic rings. The first kappa shape index (κ1) is 10.6. The molecule has 0 radical (unpaired) electrons. The average molecular weight is 211 g/mol. The third-order valence-electron chi connectivity index (χ3n) is 2.78. The van der Waals surface area contributed by atoms with Crippen molar-refractivity contribution in [2.45, 2.75) is 32.2 Å². The van der Waals surface area contributed by atoms with E-state index in [0.29, 0.717) is 24.1 Å². The highest BCUT2D eigenvalue weighted by atomic mass is 16.5. The van der Waals surface area contributed by atoms with Gasteiger partial charge >= 0.3 is 0 Å². The van der Waals surface area contributed by atoms with Crippen molar-refractivity contribution in [1.82, 2.24) is 15.5 Å². The molecule has 5 heteroatoms. The molecule has 1 aliphatic heterocycles. The molecule has 0 aliphatic carbocycles. The van der Waals surface area contributed by atoms with Crippen molar-refractivity contribution < 1.29 is 9.63 Å². The van der Waals surface area contributed by atoms with Crippen molar-refractivity contribution in [3.8, 4) is 0 Å². The van der Waals surface area contributed by atoms with Crippen molar-refractivity contribution in [3.05, 3.63) is 11.7 Å². The summed E-state index contributed by atoms with van der Waals surface area (Å²) in [5.41, 5.74) is 0. The standard InChI is InChI=1S/C10H17N3O2/c1-7-2-4-11-8(6-7)10-12-9(3-5-14)13-15-10/h7-8,11,14H,2-6H2,1H3. The van der Waals surface area contributed by atoms with Gasteiger partial charge in [0.1, 0.15) is 0 Å². The molecule has 1 aromatic heterocycles. The first-order valence-corrected chi connectivity index (χ1v) is 5.46. The van der Waals surface area contributed by atoms with Crippen molar-refractivity contribution in [2.75, 3.05) is 13.2 Å². The minimum Gasteiger partial charge on any atom is -0.396 e. The van der Waals surface area contributed by atoms with Crippen LogP contribution in [0.2, 0.25) is 0 Å². The monoisotopic (exact) mass is 211 g/mol. The fourth-order valence-electron chi connectivity index (χ4n) is 1.91. The molecule has 1 aliphatic rings. The van der Waals surface area contributed by atoms with Crippen molar-refractivity contribution in [2.24, 2.45) is 5.92 Å². The Labute approximate surface area is 88.9 Å². The lowest BCUT2D eigenvalue weighted by Gasteiger charge is -2.25. The Morgan fingerprint density at radius 1 is 1.60 bits per heavy atom. The lowest BCUT2D eigenvalue weighted by Crippen LogP contribution is -2.30. The van der Waals surface area contributed by atoms with Gasteiger partial charge < -0.3 is 14.9 Å². The largest absolute Gasteiger partial charge is 0.396 e. The summed E-state index contributed by atoms with van der Waals surface area (Å²) in [6, 6.07) is 0.189. The second-order valence-corrected chi connectivity index (χ2v) is 4.16. The summed E-state index contributed by atoms with van der Waals surface area (Å²) in [7, 11) is 0. The zero-order valence-corrected chi connectivity index (χ0v) is 8.94. The molecule has 2 rings (SSSR count). The smallest absolute Gasteiger partial charge is 0.243 e. The van der Waals surface area contributed by atoms with E-state index < -0.39 is 0 Å². The molecule has 84 valence electrons. The molecule has 1 fully saturated rings. The third-order valence-corrected chi connectivity index (χ3v) is 2.78. The van der Waals surface area contributed by atoms with Crippen LogP contribution in [0.4, 0.5) is 0 Å². The number of hydrogen-bond donors (Lipinski definition) is 2. The molecular weight excluding hydrogens is 194 g/mol. The van der Waals surface area contributed by atoms with E-state index >= 15 is 0 Å². The number of nitrogens with one attached hydrogen (secondary N) is 1. The summed E-state index contributed by atoms with van der Waals surface area (Å²) in [6.45, 7) is 3.30. The summed E-state index contributed by atoms with van der Waals surface area (Å²) >= 11 is 0. The number of piperidine rings is 1. The van der Waals surface area contributed by atoms with E-state index in [1.54, 1.807) is 0 Å². The van der Waals surface area contributed by atoms with Gasteiger partial charge in [-0.15, -0.1) is 0 Å². The Kier molecular flexibility index (Phi) is 3.33. The summed E-state index contributed by atoms with van der Waals surface area (Å²) in [6.07, 6.45) is 2.71. The Morgan fingerprint density at radius 2 is 2.47 bits per heavy atom. The van der Waals surface area contributed by atoms with Gasteiger partial charge in [0.2, 0.25) is 5.89 Å². The zero-order valence-electron chi connectivity index (χ0n) is 8.94. The van der Waals surface area contributed by atoms with Gasteiger partial charge in [-0.05, 0) is 25.3 Å². The first-order valence-electron chi connectivity index (χ1n) is 5.46. The summed E-state index contributed by atoms with van der Waals surface area (Å²) in [5.74, 6) is 1.95. The molecule has 0 spiro atoms. The van der Waals surface area contributed by atoms with Gasteiger partial charge in [-0.3, -0.25) is 0 Å². The van der Waals surface area contributed by atoms with Crippen LogP contribution in [0.25, 0.3) is 0 Å². The van der Waals surface area contributed by atoms with Crippen LogP contribution >= 0.6 is 0 Å². The van der Waals surface area contributed by atoms with Gasteiger partial charge in [0.25, 0.3) is 0 Å². The van der Waals surface area contributed by atoms with Crippen LogP contribution < -0.4 is 5.32 Å². The number of aromatic nitrogens is 2. The summed E-state index contributed by atoms with van der Waals surface area (Å²) in [4.78, 5) is 4.26. The fourth-order valence-corrected chi connectivity index (χ4v) is 1.91. The van der Waals surface area contributed by atoms with E-state index in [4.69, 9.17) is 9.63 Å². The molecule has 2 N–H and O–H groups in total. The highest BCUT2D eigenvalue weighted by Gasteiger charge is 2.24. The van der Waals surface area contributed by atoms with Crippen molar-refractivity contribution in [3.63, 3.8) is 0 Å². The summed E-state index contributed by atoms with van der Waals surface area (Å²) < 4.78 is 5.17. The van der Waals surface area contributed by atoms with Gasteiger partial charge in [-0.1, -0.05) is 12.1 Å². The topological polar surface area (TPSA) is 71.2 Å². The van der Waals surface area contributed by atoms with E-state index in [1.807, 2.05) is 0 Å². The normalized spacial score (nSPS) is 26.8. The minimum atomic E-state index is 0.0630. The van der Waals surface area contributed by atoms with E-state index in [-0.39, 0.29) is 12.6 Å². The Balaban J connectivity index is 2.01. The predicted octanol–water partition coefficient (Wildman–Crippen LogP) is 0.665. The molecule has 1 saturated heterocycles. The average Bonchev–Trinajstić information content (AvgIpc) is 2.67. The van der Waals surface area contributed by atoms with Crippen molar-refractivity contribution in [1.29, 1.82) is 0 Å². The molecule has 2 unspecified atom stereocenters. The number of aliphatic hydroxyl groups is 1. The van der Waals surface area contributed by atoms with Crippen LogP contribution in [-0.4, -0.2) is 28.4 Å².